The zero-order valence-electron chi connectivity index (χ0n) is 11.9. The molecule has 0 spiro atoms. The van der Waals surface area contributed by atoms with E-state index in [0.717, 1.165) is 19.5 Å². The molecule has 0 amide bonds. The van der Waals surface area contributed by atoms with Gasteiger partial charge in [0.1, 0.15) is 0 Å². The molecule has 0 saturated carbocycles. The molecule has 19 heavy (non-hydrogen) atoms. The van der Waals surface area contributed by atoms with Crippen molar-refractivity contribution in [3.8, 4) is 0 Å². The predicted octanol–water partition coefficient (Wildman–Crippen LogP) is 4.10. The lowest BCUT2D eigenvalue weighted by Crippen LogP contribution is -2.25. The van der Waals surface area contributed by atoms with Crippen LogP contribution in [0.4, 0.5) is 0 Å². The Balaban J connectivity index is 2.05. The summed E-state index contributed by atoms with van der Waals surface area (Å²) in [6.07, 6.45) is 4.37. The minimum atomic E-state index is 0.422. The second kappa shape index (κ2) is 7.41. The highest BCUT2D eigenvalue weighted by Gasteiger charge is 2.26. The van der Waals surface area contributed by atoms with Gasteiger partial charge in [-0.25, -0.2) is 0 Å². The van der Waals surface area contributed by atoms with Crippen LogP contribution in [-0.4, -0.2) is 25.3 Å². The van der Waals surface area contributed by atoms with E-state index in [9.17, 15) is 0 Å². The Bertz CT molecular complexity index is 396. The Hall–Kier alpha value is -0.380. The molecular weight excluding hydrogens is 302 g/mol. The lowest BCUT2D eigenvalue weighted by Gasteiger charge is -2.22. The molecule has 0 aromatic heterocycles. The maximum Gasteiger partial charge on any atom is 0.0586 e. The summed E-state index contributed by atoms with van der Waals surface area (Å²) < 4.78 is 7.20. The molecular formula is C16H24BrNO. The van der Waals surface area contributed by atoms with Crippen molar-refractivity contribution >= 4 is 15.9 Å². The molecule has 1 aliphatic rings. The first-order valence-electron chi connectivity index (χ1n) is 7.31. The van der Waals surface area contributed by atoms with Crippen molar-refractivity contribution in [3.63, 3.8) is 0 Å². The van der Waals surface area contributed by atoms with Crippen LogP contribution in [0.3, 0.4) is 0 Å². The van der Waals surface area contributed by atoms with Crippen LogP contribution in [0.2, 0.25) is 0 Å². The molecule has 0 radical (unpaired) electrons. The third-order valence-electron chi connectivity index (χ3n) is 3.85. The fraction of sp³-hybridized carbons (Fsp3) is 0.625. The summed E-state index contributed by atoms with van der Waals surface area (Å²) >= 11 is 3.68. The van der Waals surface area contributed by atoms with E-state index in [0.29, 0.717) is 18.1 Å². The van der Waals surface area contributed by atoms with Crippen molar-refractivity contribution in [2.75, 3.05) is 13.1 Å². The maximum absolute atomic E-state index is 5.99. The second-order valence-corrected chi connectivity index (χ2v) is 6.26. The van der Waals surface area contributed by atoms with Crippen molar-refractivity contribution < 1.29 is 4.74 Å². The largest absolute Gasteiger partial charge is 0.375 e. The molecule has 2 nitrogen and oxygen atoms in total. The molecule has 3 unspecified atom stereocenters. The summed E-state index contributed by atoms with van der Waals surface area (Å²) in [6.45, 7) is 6.37. The van der Waals surface area contributed by atoms with Gasteiger partial charge in [-0.15, -0.1) is 0 Å². The van der Waals surface area contributed by atoms with E-state index < -0.39 is 0 Å². The summed E-state index contributed by atoms with van der Waals surface area (Å²) in [4.78, 5) is 0. The molecule has 1 aromatic carbocycles. The van der Waals surface area contributed by atoms with Crippen LogP contribution in [0.1, 0.15) is 44.6 Å². The van der Waals surface area contributed by atoms with Crippen LogP contribution in [0, 0.1) is 0 Å². The summed E-state index contributed by atoms with van der Waals surface area (Å²) in [5.74, 6) is 0.519. The van der Waals surface area contributed by atoms with Crippen LogP contribution in [0.5, 0.6) is 0 Å². The number of likely N-dealkylation sites (N-methyl/N-ethyl adjacent to an activating group) is 1. The molecule has 0 aliphatic carbocycles. The van der Waals surface area contributed by atoms with Crippen molar-refractivity contribution in [2.24, 2.45) is 0 Å². The minimum Gasteiger partial charge on any atom is -0.375 e. The van der Waals surface area contributed by atoms with Crippen molar-refractivity contribution in [1.29, 1.82) is 0 Å². The maximum atomic E-state index is 5.99. The third kappa shape index (κ3) is 4.30. The molecule has 0 bridgehead atoms. The van der Waals surface area contributed by atoms with Gasteiger partial charge in [-0.3, -0.25) is 0 Å². The van der Waals surface area contributed by atoms with E-state index in [4.69, 9.17) is 4.74 Å². The molecule has 1 heterocycles. The van der Waals surface area contributed by atoms with Gasteiger partial charge in [0, 0.05) is 11.0 Å². The van der Waals surface area contributed by atoms with Crippen LogP contribution in [-0.2, 0) is 4.74 Å². The molecule has 1 aliphatic heterocycles. The van der Waals surface area contributed by atoms with Crippen LogP contribution >= 0.6 is 15.9 Å². The van der Waals surface area contributed by atoms with E-state index in [1.54, 1.807) is 0 Å². The average Bonchev–Trinajstić information content (AvgIpc) is 2.81. The van der Waals surface area contributed by atoms with Gasteiger partial charge in [-0.1, -0.05) is 41.1 Å². The molecule has 1 fully saturated rings. The number of rotatable bonds is 6. The number of nitrogens with one attached hydrogen (secondary N) is 1. The summed E-state index contributed by atoms with van der Waals surface area (Å²) in [7, 11) is 0. The smallest absolute Gasteiger partial charge is 0.0586 e. The van der Waals surface area contributed by atoms with Gasteiger partial charge in [-0.05, 0) is 50.3 Å². The van der Waals surface area contributed by atoms with Gasteiger partial charge in [0.15, 0.2) is 0 Å². The van der Waals surface area contributed by atoms with E-state index in [-0.39, 0.29) is 0 Å². The molecule has 1 N–H and O–H groups in total. The molecule has 106 valence electrons. The van der Waals surface area contributed by atoms with Gasteiger partial charge >= 0.3 is 0 Å². The highest BCUT2D eigenvalue weighted by Crippen LogP contribution is 2.32. The van der Waals surface area contributed by atoms with E-state index >= 15 is 0 Å². The third-order valence-corrected chi connectivity index (χ3v) is 4.58. The van der Waals surface area contributed by atoms with Crippen LogP contribution < -0.4 is 5.32 Å². The molecule has 1 aromatic rings. The van der Waals surface area contributed by atoms with E-state index in [1.165, 1.54) is 22.9 Å². The van der Waals surface area contributed by atoms with Gasteiger partial charge in [-0.2, -0.15) is 0 Å². The second-order valence-electron chi connectivity index (χ2n) is 5.41. The van der Waals surface area contributed by atoms with Gasteiger partial charge in [0.2, 0.25) is 0 Å². The van der Waals surface area contributed by atoms with E-state index in [2.05, 4.69) is 59.4 Å². The van der Waals surface area contributed by atoms with Crippen molar-refractivity contribution in [1.82, 2.24) is 5.32 Å². The van der Waals surface area contributed by atoms with Crippen molar-refractivity contribution in [3.05, 3.63) is 34.3 Å². The number of benzene rings is 1. The first-order chi connectivity index (χ1) is 9.20. The number of hydrogen-bond donors (Lipinski definition) is 1. The molecule has 3 heteroatoms. The highest BCUT2D eigenvalue weighted by molar-refractivity contribution is 9.10. The Kier molecular flexibility index (Phi) is 5.86. The SMILES string of the molecule is CCNCC(CC1CCC(C)O1)c1ccccc1Br. The molecule has 1 saturated heterocycles. The predicted molar refractivity (Wildman–Crippen MR) is 83.6 cm³/mol. The Morgan fingerprint density at radius 1 is 1.37 bits per heavy atom. The topological polar surface area (TPSA) is 21.3 Å². The number of ether oxygens (including phenoxy) is 1. The molecule has 2 rings (SSSR count). The Labute approximate surface area is 125 Å². The van der Waals surface area contributed by atoms with Gasteiger partial charge in [0.05, 0.1) is 12.2 Å². The number of hydrogen-bond acceptors (Lipinski definition) is 2. The standard InChI is InChI=1S/C16H24BrNO/c1-3-18-11-13(10-14-9-8-12(2)19-14)15-6-4-5-7-16(15)17/h4-7,12-14,18H,3,8-11H2,1-2H3. The zero-order valence-corrected chi connectivity index (χ0v) is 13.4. The lowest BCUT2D eigenvalue weighted by molar-refractivity contribution is 0.0466. The summed E-state index contributed by atoms with van der Waals surface area (Å²) in [5, 5.41) is 3.48. The summed E-state index contributed by atoms with van der Waals surface area (Å²) in [6, 6.07) is 8.56. The zero-order chi connectivity index (χ0) is 13.7. The lowest BCUT2D eigenvalue weighted by atomic mass is 9.92. The van der Waals surface area contributed by atoms with Crippen molar-refractivity contribution in [2.45, 2.75) is 51.2 Å². The fourth-order valence-corrected chi connectivity index (χ4v) is 3.43. The average molecular weight is 326 g/mol. The van der Waals surface area contributed by atoms with Gasteiger partial charge < -0.3 is 10.1 Å². The summed E-state index contributed by atoms with van der Waals surface area (Å²) in [5.41, 5.74) is 1.40. The van der Waals surface area contributed by atoms with Crippen LogP contribution in [0.15, 0.2) is 28.7 Å². The highest BCUT2D eigenvalue weighted by atomic mass is 79.9. The minimum absolute atomic E-state index is 0.422. The Morgan fingerprint density at radius 2 is 2.16 bits per heavy atom. The first kappa shape index (κ1) is 15.0. The molecule has 3 atom stereocenters. The Morgan fingerprint density at radius 3 is 2.79 bits per heavy atom. The number of halogens is 1. The van der Waals surface area contributed by atoms with Gasteiger partial charge in [0.25, 0.3) is 0 Å². The first-order valence-corrected chi connectivity index (χ1v) is 8.10. The van der Waals surface area contributed by atoms with E-state index in [1.807, 2.05) is 0 Å². The monoisotopic (exact) mass is 325 g/mol. The fourth-order valence-electron chi connectivity index (χ4n) is 2.82. The van der Waals surface area contributed by atoms with Crippen LogP contribution in [0.25, 0.3) is 0 Å². The normalized spacial score (nSPS) is 24.6. The quantitative estimate of drug-likeness (QED) is 0.850.